The summed E-state index contributed by atoms with van der Waals surface area (Å²) in [6.45, 7) is 1.68. The molecule has 0 saturated heterocycles. The highest BCUT2D eigenvalue weighted by Gasteiger charge is 2.77. The Balaban J connectivity index is 2.12. The van der Waals surface area contributed by atoms with Crippen molar-refractivity contribution in [2.45, 2.75) is 23.0 Å². The Morgan fingerprint density at radius 2 is 1.81 bits per heavy atom. The van der Waals surface area contributed by atoms with Crippen LogP contribution in [0.3, 0.4) is 0 Å². The van der Waals surface area contributed by atoms with Gasteiger partial charge in [-0.25, -0.2) is 8.42 Å². The molecule has 0 bridgehead atoms. The molecule has 0 N–H and O–H groups in total. The average Bonchev–Trinajstić information content (AvgIpc) is 3.35. The second kappa shape index (κ2) is 6.75. The van der Waals surface area contributed by atoms with Crippen LogP contribution in [0.2, 0.25) is 5.02 Å². The summed E-state index contributed by atoms with van der Waals surface area (Å²) in [4.78, 5) is 12.6. The van der Waals surface area contributed by atoms with Gasteiger partial charge < -0.3 is 4.74 Å². The highest BCUT2D eigenvalue weighted by molar-refractivity contribution is 7.92. The van der Waals surface area contributed by atoms with E-state index in [0.717, 1.165) is 0 Å². The SMILES string of the molecule is CCOC(=O)[C@]1(C#N)[C@@H](c2ccccc2)[C@@H]1S(=O)(=O)c1ccc(Cl)cc1. The molecule has 5 nitrogen and oxygen atoms in total. The molecule has 1 aliphatic carbocycles. The standard InChI is InChI=1S/C19H16ClNO4S/c1-2-25-18(22)19(12-21)16(13-6-4-3-5-7-13)17(19)26(23,24)15-10-8-14(20)9-11-15/h3-11,16-17H,2H2,1H3/t16-,17-,19+/m0/s1. The normalized spacial score (nSPS) is 24.5. The summed E-state index contributed by atoms with van der Waals surface area (Å²) in [5.74, 6) is -1.59. The lowest BCUT2D eigenvalue weighted by atomic mass is 10.0. The predicted octanol–water partition coefficient (Wildman–Crippen LogP) is 3.35. The van der Waals surface area contributed by atoms with Crippen molar-refractivity contribution in [2.24, 2.45) is 5.41 Å². The summed E-state index contributed by atoms with van der Waals surface area (Å²) in [7, 11) is -3.94. The van der Waals surface area contributed by atoms with Gasteiger partial charge in [0.1, 0.15) is 5.25 Å². The minimum Gasteiger partial charge on any atom is -0.465 e. The average molecular weight is 390 g/mol. The summed E-state index contributed by atoms with van der Waals surface area (Å²) in [5.41, 5.74) is -1.14. The van der Waals surface area contributed by atoms with Gasteiger partial charge in [-0.2, -0.15) is 5.26 Å². The number of benzene rings is 2. The zero-order valence-electron chi connectivity index (χ0n) is 13.9. The van der Waals surface area contributed by atoms with Crippen LogP contribution in [0, 0.1) is 16.7 Å². The van der Waals surface area contributed by atoms with Gasteiger partial charge in [0, 0.05) is 10.9 Å². The van der Waals surface area contributed by atoms with Crippen LogP contribution in [0.15, 0.2) is 59.5 Å². The maximum Gasteiger partial charge on any atom is 0.328 e. The minimum atomic E-state index is -3.94. The van der Waals surface area contributed by atoms with Gasteiger partial charge in [0.2, 0.25) is 0 Å². The van der Waals surface area contributed by atoms with E-state index in [0.29, 0.717) is 10.6 Å². The van der Waals surface area contributed by atoms with Gasteiger partial charge in [-0.05, 0) is 36.8 Å². The monoisotopic (exact) mass is 389 g/mol. The van der Waals surface area contributed by atoms with Crippen molar-refractivity contribution in [3.63, 3.8) is 0 Å². The summed E-state index contributed by atoms with van der Waals surface area (Å²) in [5, 5.41) is 8.97. The van der Waals surface area contributed by atoms with E-state index in [1.54, 1.807) is 37.3 Å². The fourth-order valence-electron chi connectivity index (χ4n) is 3.32. The summed E-state index contributed by atoms with van der Waals surface area (Å²) in [6, 6.07) is 16.3. The molecule has 2 aromatic carbocycles. The van der Waals surface area contributed by atoms with E-state index in [1.165, 1.54) is 24.3 Å². The van der Waals surface area contributed by atoms with E-state index in [9.17, 15) is 18.5 Å². The third-order valence-corrected chi connectivity index (χ3v) is 7.06. The number of carbonyl (C=O) groups is 1. The summed E-state index contributed by atoms with van der Waals surface area (Å²) < 4.78 is 31.4. The Kier molecular flexibility index (Phi) is 4.78. The molecule has 0 radical (unpaired) electrons. The largest absolute Gasteiger partial charge is 0.465 e. The lowest BCUT2D eigenvalue weighted by Gasteiger charge is -2.09. The molecular formula is C19H16ClNO4S. The van der Waals surface area contributed by atoms with Crippen molar-refractivity contribution in [1.29, 1.82) is 5.26 Å². The lowest BCUT2D eigenvalue weighted by molar-refractivity contribution is -0.147. The van der Waals surface area contributed by atoms with Crippen molar-refractivity contribution in [3.8, 4) is 6.07 Å². The molecule has 0 unspecified atom stereocenters. The van der Waals surface area contributed by atoms with E-state index in [1.807, 2.05) is 6.07 Å². The fraction of sp³-hybridized carbons (Fsp3) is 0.263. The topological polar surface area (TPSA) is 84.2 Å². The predicted molar refractivity (Wildman–Crippen MR) is 96.3 cm³/mol. The van der Waals surface area contributed by atoms with Crippen LogP contribution in [-0.2, 0) is 19.4 Å². The van der Waals surface area contributed by atoms with Gasteiger partial charge in [0.05, 0.1) is 17.6 Å². The summed E-state index contributed by atoms with van der Waals surface area (Å²) >= 11 is 5.84. The lowest BCUT2D eigenvalue weighted by Crippen LogP contribution is -2.25. The molecule has 3 atom stereocenters. The molecule has 0 amide bonds. The molecule has 134 valence electrons. The molecule has 0 spiro atoms. The number of ether oxygens (including phenoxy) is 1. The molecule has 0 heterocycles. The van der Waals surface area contributed by atoms with Crippen LogP contribution in [0.1, 0.15) is 18.4 Å². The van der Waals surface area contributed by atoms with E-state index < -0.39 is 32.4 Å². The highest BCUT2D eigenvalue weighted by atomic mass is 35.5. The quantitative estimate of drug-likeness (QED) is 0.732. The first-order valence-corrected chi connectivity index (χ1v) is 9.95. The van der Waals surface area contributed by atoms with Crippen molar-refractivity contribution in [1.82, 2.24) is 0 Å². The van der Waals surface area contributed by atoms with Crippen LogP contribution >= 0.6 is 11.6 Å². The number of rotatable bonds is 5. The maximum atomic E-state index is 13.2. The molecule has 1 aliphatic rings. The smallest absolute Gasteiger partial charge is 0.328 e. The van der Waals surface area contributed by atoms with E-state index in [4.69, 9.17) is 16.3 Å². The van der Waals surface area contributed by atoms with Gasteiger partial charge in [0.15, 0.2) is 15.3 Å². The second-order valence-corrected chi connectivity index (χ2v) is 8.51. The first-order chi connectivity index (χ1) is 12.4. The number of sulfone groups is 1. The number of hydrogen-bond donors (Lipinski definition) is 0. The number of nitriles is 1. The van der Waals surface area contributed by atoms with Crippen molar-refractivity contribution >= 4 is 27.4 Å². The first kappa shape index (κ1) is 18.4. The van der Waals surface area contributed by atoms with Crippen molar-refractivity contribution < 1.29 is 17.9 Å². The van der Waals surface area contributed by atoms with Crippen LogP contribution < -0.4 is 0 Å². The van der Waals surface area contributed by atoms with E-state index in [2.05, 4.69) is 0 Å². The Bertz CT molecular complexity index is 967. The van der Waals surface area contributed by atoms with Crippen molar-refractivity contribution in [3.05, 3.63) is 65.2 Å². The van der Waals surface area contributed by atoms with Gasteiger partial charge in [-0.3, -0.25) is 4.79 Å². The molecule has 0 aromatic heterocycles. The van der Waals surface area contributed by atoms with Crippen LogP contribution in [0.5, 0.6) is 0 Å². The number of esters is 1. The van der Waals surface area contributed by atoms with Crippen molar-refractivity contribution in [2.75, 3.05) is 6.61 Å². The second-order valence-electron chi connectivity index (χ2n) is 6.01. The zero-order valence-corrected chi connectivity index (χ0v) is 15.5. The highest BCUT2D eigenvalue weighted by Crippen LogP contribution is 2.64. The fourth-order valence-corrected chi connectivity index (χ4v) is 5.69. The van der Waals surface area contributed by atoms with Crippen LogP contribution in [0.25, 0.3) is 0 Å². The molecular weight excluding hydrogens is 374 g/mol. The van der Waals surface area contributed by atoms with Crippen LogP contribution in [0.4, 0.5) is 0 Å². The third-order valence-electron chi connectivity index (χ3n) is 4.57. The third kappa shape index (κ3) is 2.77. The Morgan fingerprint density at radius 1 is 1.19 bits per heavy atom. The zero-order chi connectivity index (χ0) is 18.9. The molecule has 0 aliphatic heterocycles. The Labute approximate surface area is 157 Å². The molecule has 2 aromatic rings. The Hall–Kier alpha value is -2.36. The number of hydrogen-bond acceptors (Lipinski definition) is 5. The summed E-state index contributed by atoms with van der Waals surface area (Å²) in [6.07, 6.45) is 0. The molecule has 26 heavy (non-hydrogen) atoms. The molecule has 1 fully saturated rings. The molecule has 3 rings (SSSR count). The van der Waals surface area contributed by atoms with Crippen LogP contribution in [-0.4, -0.2) is 26.2 Å². The minimum absolute atomic E-state index is 0.0225. The van der Waals surface area contributed by atoms with E-state index in [-0.39, 0.29) is 11.5 Å². The maximum absolute atomic E-state index is 13.2. The number of carbonyl (C=O) groups excluding carboxylic acids is 1. The number of halogens is 1. The van der Waals surface area contributed by atoms with Gasteiger partial charge >= 0.3 is 5.97 Å². The van der Waals surface area contributed by atoms with Gasteiger partial charge in [-0.15, -0.1) is 0 Å². The first-order valence-electron chi connectivity index (χ1n) is 8.02. The molecule has 1 saturated carbocycles. The van der Waals surface area contributed by atoms with Gasteiger partial charge in [-0.1, -0.05) is 41.9 Å². The molecule has 7 heteroatoms. The van der Waals surface area contributed by atoms with Gasteiger partial charge in [0.25, 0.3) is 0 Å². The number of nitrogens with zero attached hydrogens (tertiary/aromatic N) is 1. The Morgan fingerprint density at radius 3 is 2.35 bits per heavy atom. The van der Waals surface area contributed by atoms with E-state index >= 15 is 0 Å².